The predicted molar refractivity (Wildman–Crippen MR) is 116 cm³/mol. The largest absolute Gasteiger partial charge is 0.459 e. The van der Waals surface area contributed by atoms with Gasteiger partial charge in [-0.2, -0.15) is 0 Å². The zero-order chi connectivity index (χ0) is 25.6. The third-order valence-corrected chi connectivity index (χ3v) is 7.60. The molecule has 3 heterocycles. The maximum atomic E-state index is 13.2. The van der Waals surface area contributed by atoms with Crippen molar-refractivity contribution in [3.63, 3.8) is 0 Å². The van der Waals surface area contributed by atoms with E-state index in [2.05, 4.69) is 0 Å². The molecule has 0 saturated carbocycles. The Kier molecular flexibility index (Phi) is 7.18. The number of hydrogen-bond acceptors (Lipinski definition) is 11. The number of esters is 3. The minimum Gasteiger partial charge on any atom is -0.459 e. The maximum Gasteiger partial charge on any atom is 0.344 e. The maximum absolute atomic E-state index is 13.2. The molecule has 2 fully saturated rings. The van der Waals surface area contributed by atoms with Gasteiger partial charge in [0, 0.05) is 13.1 Å². The Morgan fingerprint density at radius 2 is 1.85 bits per heavy atom. The smallest absolute Gasteiger partial charge is 0.344 e. The standard InChI is InChI=1S/C23H35NO10/c1-6-21(5,29)23(31)17(25)18(26)33-13(4)22(30,12(2)3)19(27)32-11-14-7-9-24-10-8-15(16(14)24)34-20(23)28/h7,12-13,15-17,25,29-31H,6,8-11H2,1-5H3/t13?,15-,16-,17?,21?,22?,23?/m1/s1. The van der Waals surface area contributed by atoms with E-state index in [0.29, 0.717) is 25.1 Å². The van der Waals surface area contributed by atoms with Crippen molar-refractivity contribution in [2.75, 3.05) is 19.7 Å². The normalized spacial score (nSPS) is 39.5. The summed E-state index contributed by atoms with van der Waals surface area (Å²) in [5, 5.41) is 44.1. The average Bonchev–Trinajstić information content (AvgIpc) is 3.37. The highest BCUT2D eigenvalue weighted by molar-refractivity contribution is 5.91. The summed E-state index contributed by atoms with van der Waals surface area (Å²) < 4.78 is 16.1. The van der Waals surface area contributed by atoms with E-state index in [1.54, 1.807) is 0 Å². The monoisotopic (exact) mass is 485 g/mol. The first-order valence-corrected chi connectivity index (χ1v) is 11.6. The van der Waals surface area contributed by atoms with E-state index in [-0.39, 0.29) is 13.0 Å². The lowest BCUT2D eigenvalue weighted by Gasteiger charge is -2.42. The summed E-state index contributed by atoms with van der Waals surface area (Å²) in [6, 6.07) is -0.454. The molecule has 0 radical (unpaired) electrons. The SMILES string of the molecule is CCC(C)(O)C1(O)C(=O)O[C@@H]2CCN3CC=C(COC(=O)C(O)(C(C)C)C(C)OC(=O)C1O)[C@H]23. The van der Waals surface area contributed by atoms with E-state index in [1.165, 1.54) is 27.7 Å². The van der Waals surface area contributed by atoms with E-state index in [4.69, 9.17) is 14.2 Å². The minimum absolute atomic E-state index is 0.177. The molecule has 3 aliphatic heterocycles. The summed E-state index contributed by atoms with van der Waals surface area (Å²) in [5.74, 6) is -4.67. The fourth-order valence-electron chi connectivity index (χ4n) is 4.88. The van der Waals surface area contributed by atoms with Crippen LogP contribution in [-0.4, -0.2) is 104 Å². The van der Waals surface area contributed by atoms with Gasteiger partial charge in [-0.1, -0.05) is 26.8 Å². The number of ether oxygens (including phenoxy) is 3. The van der Waals surface area contributed by atoms with Gasteiger partial charge in [0.2, 0.25) is 11.2 Å². The minimum atomic E-state index is -3.07. The summed E-state index contributed by atoms with van der Waals surface area (Å²) in [6.07, 6.45) is -2.86. The Morgan fingerprint density at radius 3 is 2.44 bits per heavy atom. The topological polar surface area (TPSA) is 163 Å². The van der Waals surface area contributed by atoms with Crippen LogP contribution in [0.3, 0.4) is 0 Å². The molecule has 0 aromatic heterocycles. The Balaban J connectivity index is 2.09. The fraction of sp³-hybridized carbons (Fsp3) is 0.783. The predicted octanol–water partition coefficient (Wildman–Crippen LogP) is -0.959. The van der Waals surface area contributed by atoms with Crippen molar-refractivity contribution < 1.29 is 49.0 Å². The lowest BCUT2D eigenvalue weighted by atomic mass is 9.77. The van der Waals surface area contributed by atoms with E-state index in [9.17, 15) is 34.8 Å². The number of hydrogen-bond donors (Lipinski definition) is 4. The van der Waals surface area contributed by atoms with Crippen LogP contribution in [0.25, 0.3) is 0 Å². The molecule has 7 atom stereocenters. The van der Waals surface area contributed by atoms with Crippen LogP contribution >= 0.6 is 0 Å². The van der Waals surface area contributed by atoms with E-state index >= 15 is 0 Å². The van der Waals surface area contributed by atoms with Crippen LogP contribution in [-0.2, 0) is 28.6 Å². The molecule has 0 spiro atoms. The van der Waals surface area contributed by atoms with Crippen molar-refractivity contribution >= 4 is 17.9 Å². The van der Waals surface area contributed by atoms with Crippen molar-refractivity contribution in [2.24, 2.45) is 5.92 Å². The van der Waals surface area contributed by atoms with Gasteiger partial charge in [-0.15, -0.1) is 0 Å². The Labute approximate surface area is 198 Å². The molecule has 4 N–H and O–H groups in total. The first kappa shape index (κ1) is 26.6. The fourth-order valence-corrected chi connectivity index (χ4v) is 4.88. The average molecular weight is 486 g/mol. The highest BCUT2D eigenvalue weighted by Crippen LogP contribution is 2.37. The zero-order valence-electron chi connectivity index (χ0n) is 20.2. The van der Waals surface area contributed by atoms with E-state index in [1.807, 2.05) is 11.0 Å². The molecule has 0 aromatic rings. The first-order chi connectivity index (χ1) is 15.7. The van der Waals surface area contributed by atoms with Crippen LogP contribution in [0.4, 0.5) is 0 Å². The Bertz CT molecular complexity index is 870. The molecule has 34 heavy (non-hydrogen) atoms. The number of carbonyl (C=O) groups excluding carboxylic acids is 3. The van der Waals surface area contributed by atoms with Crippen LogP contribution in [0.15, 0.2) is 11.6 Å². The van der Waals surface area contributed by atoms with Crippen LogP contribution in [0.5, 0.6) is 0 Å². The lowest BCUT2D eigenvalue weighted by Crippen LogP contribution is -2.68. The number of aliphatic hydroxyl groups excluding tert-OH is 1. The van der Waals surface area contributed by atoms with Crippen LogP contribution in [0.2, 0.25) is 0 Å². The second kappa shape index (κ2) is 9.19. The molecule has 0 bridgehead atoms. The molecule has 11 nitrogen and oxygen atoms in total. The molecule has 192 valence electrons. The number of nitrogens with zero attached hydrogens (tertiary/aromatic N) is 1. The summed E-state index contributed by atoms with van der Waals surface area (Å²) in [7, 11) is 0. The van der Waals surface area contributed by atoms with Gasteiger partial charge in [0.1, 0.15) is 24.4 Å². The highest BCUT2D eigenvalue weighted by atomic mass is 16.6. The zero-order valence-corrected chi connectivity index (χ0v) is 20.2. The van der Waals surface area contributed by atoms with Gasteiger partial charge in [0.15, 0.2) is 6.10 Å². The van der Waals surface area contributed by atoms with Crippen molar-refractivity contribution in [3.05, 3.63) is 11.6 Å². The van der Waals surface area contributed by atoms with E-state index < -0.39 is 65.0 Å². The van der Waals surface area contributed by atoms with Gasteiger partial charge < -0.3 is 34.6 Å². The van der Waals surface area contributed by atoms with Crippen molar-refractivity contribution in [3.8, 4) is 0 Å². The molecule has 5 unspecified atom stereocenters. The summed E-state index contributed by atoms with van der Waals surface area (Å²) in [6.45, 7) is 7.75. The quantitative estimate of drug-likeness (QED) is 0.221. The van der Waals surface area contributed by atoms with Gasteiger partial charge in [-0.05, 0) is 38.2 Å². The second-order valence-corrected chi connectivity index (χ2v) is 9.88. The second-order valence-electron chi connectivity index (χ2n) is 9.88. The molecule has 11 heteroatoms. The third-order valence-electron chi connectivity index (χ3n) is 7.60. The molecule has 0 aromatic carbocycles. The Hall–Kier alpha value is -2.05. The molecule has 0 amide bonds. The summed E-state index contributed by atoms with van der Waals surface area (Å²) in [5.41, 5.74) is -6.97. The van der Waals surface area contributed by atoms with Crippen molar-refractivity contribution in [1.29, 1.82) is 0 Å². The van der Waals surface area contributed by atoms with Gasteiger partial charge >= 0.3 is 17.9 Å². The molecular weight excluding hydrogens is 450 g/mol. The van der Waals surface area contributed by atoms with Crippen LogP contribution in [0.1, 0.15) is 47.5 Å². The summed E-state index contributed by atoms with van der Waals surface area (Å²) in [4.78, 5) is 41.0. The highest BCUT2D eigenvalue weighted by Gasteiger charge is 2.62. The van der Waals surface area contributed by atoms with Gasteiger partial charge in [-0.3, -0.25) is 4.90 Å². The van der Waals surface area contributed by atoms with E-state index in [0.717, 1.165) is 6.92 Å². The number of cyclic esters (lactones) is 2. The number of carbonyl (C=O) groups is 3. The molecule has 0 aliphatic carbocycles. The molecule has 3 rings (SSSR count). The van der Waals surface area contributed by atoms with Crippen LogP contribution in [0, 0.1) is 5.92 Å². The lowest BCUT2D eigenvalue weighted by molar-refractivity contribution is -0.235. The molecule has 3 aliphatic rings. The molecule has 2 saturated heterocycles. The van der Waals surface area contributed by atoms with Gasteiger partial charge in [0.05, 0.1) is 6.04 Å². The van der Waals surface area contributed by atoms with Crippen molar-refractivity contribution in [1.82, 2.24) is 4.90 Å². The van der Waals surface area contributed by atoms with Crippen molar-refractivity contribution in [2.45, 2.75) is 88.6 Å². The van der Waals surface area contributed by atoms with Crippen LogP contribution < -0.4 is 0 Å². The number of aliphatic hydroxyl groups is 4. The Morgan fingerprint density at radius 1 is 1.21 bits per heavy atom. The van der Waals surface area contributed by atoms with Gasteiger partial charge in [0.25, 0.3) is 0 Å². The first-order valence-electron chi connectivity index (χ1n) is 11.6. The number of rotatable bonds is 3. The summed E-state index contributed by atoms with van der Waals surface area (Å²) >= 11 is 0. The third kappa shape index (κ3) is 4.03. The van der Waals surface area contributed by atoms with Gasteiger partial charge in [-0.25, -0.2) is 14.4 Å². The molecular formula is C23H35NO10.